The topological polar surface area (TPSA) is 157 Å². The Hall–Kier alpha value is -3.76. The molecule has 0 bridgehead atoms. The van der Waals surface area contributed by atoms with Gasteiger partial charge in [0.2, 0.25) is 0 Å². The van der Waals surface area contributed by atoms with Crippen molar-refractivity contribution in [3.05, 3.63) is 71.8 Å². The fourth-order valence-electron chi connectivity index (χ4n) is 5.41. The van der Waals surface area contributed by atoms with E-state index in [4.69, 9.17) is 0 Å². The van der Waals surface area contributed by atoms with Gasteiger partial charge in [-0.1, -0.05) is 118 Å². The lowest BCUT2D eigenvalue weighted by Gasteiger charge is -2.36. The number of hydrogen-bond donors (Lipinski definition) is 6. The van der Waals surface area contributed by atoms with Crippen LogP contribution in [-0.2, 0) is 22.4 Å². The number of carbonyl (C=O) groups is 4. The minimum atomic E-state index is -1.68. The lowest BCUT2D eigenvalue weighted by molar-refractivity contribution is -0.110. The summed E-state index contributed by atoms with van der Waals surface area (Å²) < 4.78 is 0. The van der Waals surface area contributed by atoms with Crippen LogP contribution in [-0.4, -0.2) is 59.4 Å². The molecule has 0 aliphatic carbocycles. The molecule has 2 rings (SSSR count). The second-order valence-electron chi connectivity index (χ2n) is 11.4. The Morgan fingerprint density at radius 2 is 1.02 bits per heavy atom. The maximum atomic E-state index is 11.8. The molecule has 2 atom stereocenters. The van der Waals surface area contributed by atoms with E-state index in [0.29, 0.717) is 19.1 Å². The van der Waals surface area contributed by atoms with Crippen molar-refractivity contribution in [2.75, 3.05) is 6.54 Å². The smallest absolute Gasteiger partial charge is 0.407 e. The van der Waals surface area contributed by atoms with Gasteiger partial charge in [0.15, 0.2) is 5.79 Å². The molecular formula is C34H50N4O6. The van der Waals surface area contributed by atoms with Gasteiger partial charge in [-0.2, -0.15) is 0 Å². The number of hydrogen-bond acceptors (Lipinski definition) is 6. The Morgan fingerprint density at radius 1 is 0.614 bits per heavy atom. The molecule has 0 aromatic heterocycles. The number of rotatable bonds is 25. The maximum Gasteiger partial charge on any atom is 0.407 e. The molecule has 0 aliphatic rings. The second-order valence-corrected chi connectivity index (χ2v) is 11.4. The number of carboxylic acid groups (broad SMARTS) is 2. The van der Waals surface area contributed by atoms with Crippen LogP contribution in [0.2, 0.25) is 0 Å². The van der Waals surface area contributed by atoms with E-state index >= 15 is 0 Å². The van der Waals surface area contributed by atoms with Crippen molar-refractivity contribution >= 4 is 24.8 Å². The van der Waals surface area contributed by atoms with E-state index in [-0.39, 0.29) is 12.5 Å². The molecule has 10 heteroatoms. The lowest BCUT2D eigenvalue weighted by Crippen LogP contribution is -2.71. The van der Waals surface area contributed by atoms with Crippen molar-refractivity contribution in [1.82, 2.24) is 21.3 Å². The molecule has 1 unspecified atom stereocenters. The van der Waals surface area contributed by atoms with E-state index in [1.54, 1.807) is 0 Å². The molecule has 44 heavy (non-hydrogen) atoms. The third-order valence-electron chi connectivity index (χ3n) is 7.63. The Bertz CT molecular complexity index is 1070. The van der Waals surface area contributed by atoms with Crippen molar-refractivity contribution in [3.63, 3.8) is 0 Å². The highest BCUT2D eigenvalue weighted by Gasteiger charge is 2.35. The highest BCUT2D eigenvalue weighted by Crippen LogP contribution is 2.16. The molecule has 6 N–H and O–H groups in total. The minimum absolute atomic E-state index is 0.139. The van der Waals surface area contributed by atoms with Gasteiger partial charge >= 0.3 is 12.2 Å². The summed E-state index contributed by atoms with van der Waals surface area (Å²) in [7, 11) is 0. The summed E-state index contributed by atoms with van der Waals surface area (Å²) in [6.07, 6.45) is 11.5. The minimum Gasteiger partial charge on any atom is -0.465 e. The first-order chi connectivity index (χ1) is 21.4. The standard InChI is InChI=1S/C34H50N4O6/c39-26-30(24-28-18-12-10-13-19-28)35-23-17-9-7-5-3-1-2-4-6-8-16-22-34(37-32(41)42,38-33(43)44)36-31(27-40)25-29-20-14-11-15-21-29/h10-15,18-21,26-27,30-31,35-38H,1-9,16-17,22-25H2,(H,41,42)(H,43,44)/t30?,31-/m0/s1. The predicted molar refractivity (Wildman–Crippen MR) is 172 cm³/mol. The molecule has 10 nitrogen and oxygen atoms in total. The molecule has 0 radical (unpaired) electrons. The van der Waals surface area contributed by atoms with Crippen LogP contribution in [0.1, 0.15) is 88.2 Å². The summed E-state index contributed by atoms with van der Waals surface area (Å²) in [6.45, 7) is 0.847. The predicted octanol–water partition coefficient (Wildman–Crippen LogP) is 5.66. The molecule has 0 aliphatic heterocycles. The summed E-state index contributed by atoms with van der Waals surface area (Å²) in [5.74, 6) is -1.68. The zero-order chi connectivity index (χ0) is 31.9. The maximum absolute atomic E-state index is 11.8. The Balaban J connectivity index is 1.60. The van der Waals surface area contributed by atoms with Crippen LogP contribution in [0, 0.1) is 0 Å². The SMILES string of the molecule is O=CC(Cc1ccccc1)NCCCCCCCCCCCCCC(NC(=O)O)(NC(=O)O)N[C@H](C=O)Cc1ccccc1. The largest absolute Gasteiger partial charge is 0.465 e. The summed E-state index contributed by atoms with van der Waals surface area (Å²) in [4.78, 5) is 46.3. The van der Waals surface area contributed by atoms with Crippen molar-refractivity contribution in [2.24, 2.45) is 0 Å². The zero-order valence-electron chi connectivity index (χ0n) is 25.7. The fraction of sp³-hybridized carbons (Fsp3) is 0.529. The van der Waals surface area contributed by atoms with Gasteiger partial charge in [0, 0.05) is 6.42 Å². The third kappa shape index (κ3) is 16.2. The van der Waals surface area contributed by atoms with E-state index < -0.39 is 24.0 Å². The van der Waals surface area contributed by atoms with Crippen LogP contribution in [0.5, 0.6) is 0 Å². The number of unbranched alkanes of at least 4 members (excludes halogenated alkanes) is 10. The molecule has 2 amide bonds. The van der Waals surface area contributed by atoms with Crippen LogP contribution in [0.25, 0.3) is 0 Å². The van der Waals surface area contributed by atoms with E-state index in [2.05, 4.69) is 21.3 Å². The highest BCUT2D eigenvalue weighted by molar-refractivity contribution is 5.70. The van der Waals surface area contributed by atoms with Crippen LogP contribution >= 0.6 is 0 Å². The van der Waals surface area contributed by atoms with Crippen LogP contribution in [0.4, 0.5) is 9.59 Å². The summed E-state index contributed by atoms with van der Waals surface area (Å²) >= 11 is 0. The average molecular weight is 611 g/mol. The van der Waals surface area contributed by atoms with Crippen LogP contribution in [0.3, 0.4) is 0 Å². The van der Waals surface area contributed by atoms with Gasteiger partial charge < -0.3 is 25.1 Å². The van der Waals surface area contributed by atoms with E-state index in [0.717, 1.165) is 75.3 Å². The van der Waals surface area contributed by atoms with Gasteiger partial charge in [0.1, 0.15) is 12.6 Å². The zero-order valence-corrected chi connectivity index (χ0v) is 25.7. The summed E-state index contributed by atoms with van der Waals surface area (Å²) in [6, 6.07) is 18.4. The first kappa shape index (κ1) is 36.4. The van der Waals surface area contributed by atoms with Gasteiger partial charge in [-0.25, -0.2) is 9.59 Å². The second kappa shape index (κ2) is 21.9. The van der Waals surface area contributed by atoms with E-state index in [9.17, 15) is 29.4 Å². The third-order valence-corrected chi connectivity index (χ3v) is 7.63. The lowest BCUT2D eigenvalue weighted by atomic mass is 10.0. The first-order valence-corrected chi connectivity index (χ1v) is 15.9. The van der Waals surface area contributed by atoms with Crippen LogP contribution < -0.4 is 21.3 Å². The van der Waals surface area contributed by atoms with Crippen LogP contribution in [0.15, 0.2) is 60.7 Å². The number of nitrogens with one attached hydrogen (secondary N) is 4. The monoisotopic (exact) mass is 610 g/mol. The number of aldehydes is 2. The Labute approximate surface area is 261 Å². The molecule has 0 fully saturated rings. The molecule has 2 aromatic rings. The molecule has 0 saturated heterocycles. The molecular weight excluding hydrogens is 560 g/mol. The molecule has 242 valence electrons. The molecule has 2 aromatic carbocycles. The van der Waals surface area contributed by atoms with Gasteiger partial charge in [-0.05, 0) is 43.4 Å². The quantitative estimate of drug-likeness (QED) is 0.0478. The number of amides is 2. The fourth-order valence-corrected chi connectivity index (χ4v) is 5.41. The van der Waals surface area contributed by atoms with Crippen molar-refractivity contribution in [3.8, 4) is 0 Å². The Kier molecular flexibility index (Phi) is 18.1. The van der Waals surface area contributed by atoms with Gasteiger partial charge in [0.05, 0.1) is 12.1 Å². The van der Waals surface area contributed by atoms with Crippen molar-refractivity contribution in [1.29, 1.82) is 0 Å². The number of carbonyl (C=O) groups excluding carboxylic acids is 2. The first-order valence-electron chi connectivity index (χ1n) is 15.9. The Morgan fingerprint density at radius 3 is 1.45 bits per heavy atom. The van der Waals surface area contributed by atoms with Gasteiger partial charge in [-0.15, -0.1) is 0 Å². The summed E-state index contributed by atoms with van der Waals surface area (Å²) in [5.41, 5.74) is 2.03. The van der Waals surface area contributed by atoms with Gasteiger partial charge in [-0.3, -0.25) is 16.0 Å². The summed E-state index contributed by atoms with van der Waals surface area (Å²) in [5, 5.41) is 29.7. The number of benzene rings is 2. The molecule has 0 spiro atoms. The van der Waals surface area contributed by atoms with E-state index in [1.165, 1.54) is 19.3 Å². The average Bonchev–Trinajstić information content (AvgIpc) is 3.00. The van der Waals surface area contributed by atoms with E-state index in [1.807, 2.05) is 60.7 Å². The normalized spacial score (nSPS) is 12.6. The van der Waals surface area contributed by atoms with Crippen molar-refractivity contribution in [2.45, 2.75) is 108 Å². The van der Waals surface area contributed by atoms with Crippen molar-refractivity contribution < 1.29 is 29.4 Å². The highest BCUT2D eigenvalue weighted by atomic mass is 16.4. The molecule has 0 saturated carbocycles. The van der Waals surface area contributed by atoms with Gasteiger partial charge in [0.25, 0.3) is 0 Å². The molecule has 0 heterocycles.